The standard InChI is InChI=1S/C6H13N3O/c1-7-4-5-9(3)6(10)8-2/h7H,2,4-5H2,1,3H3. The molecule has 0 saturated heterocycles. The quantitative estimate of drug-likeness (QED) is 0.563. The van der Waals surface area contributed by atoms with Crippen molar-refractivity contribution < 1.29 is 4.79 Å². The largest absolute Gasteiger partial charge is 0.342 e. The molecule has 0 heterocycles. The first kappa shape index (κ1) is 9.10. The van der Waals surface area contributed by atoms with Gasteiger partial charge in [-0.25, -0.2) is 9.79 Å². The second-order valence-electron chi connectivity index (χ2n) is 1.97. The van der Waals surface area contributed by atoms with Crippen LogP contribution >= 0.6 is 0 Å². The molecule has 58 valence electrons. The Kier molecular flexibility index (Phi) is 4.49. The van der Waals surface area contributed by atoms with E-state index in [-0.39, 0.29) is 6.03 Å². The molecule has 0 aromatic rings. The fourth-order valence-corrected chi connectivity index (χ4v) is 0.496. The van der Waals surface area contributed by atoms with Crippen molar-refractivity contribution in [2.75, 3.05) is 27.2 Å². The van der Waals surface area contributed by atoms with Gasteiger partial charge in [0.1, 0.15) is 0 Å². The Morgan fingerprint density at radius 1 is 1.80 bits per heavy atom. The zero-order valence-electron chi connectivity index (χ0n) is 6.42. The predicted octanol–water partition coefficient (Wildman–Crippen LogP) is -0.0418. The molecule has 10 heavy (non-hydrogen) atoms. The fraction of sp³-hybridized carbons (Fsp3) is 0.667. The van der Waals surface area contributed by atoms with Crippen molar-refractivity contribution in [3.8, 4) is 0 Å². The molecule has 0 bridgehead atoms. The predicted molar refractivity (Wildman–Crippen MR) is 41.5 cm³/mol. The topological polar surface area (TPSA) is 44.7 Å². The lowest BCUT2D eigenvalue weighted by Gasteiger charge is -2.12. The van der Waals surface area contributed by atoms with Crippen molar-refractivity contribution in [3.63, 3.8) is 0 Å². The zero-order valence-corrected chi connectivity index (χ0v) is 6.42. The highest BCUT2D eigenvalue weighted by molar-refractivity contribution is 5.78. The van der Waals surface area contributed by atoms with Crippen molar-refractivity contribution in [1.29, 1.82) is 0 Å². The molecule has 0 radical (unpaired) electrons. The van der Waals surface area contributed by atoms with E-state index in [1.165, 1.54) is 4.90 Å². The summed E-state index contributed by atoms with van der Waals surface area (Å²) in [5, 5.41) is 2.92. The van der Waals surface area contributed by atoms with Gasteiger partial charge < -0.3 is 10.2 Å². The van der Waals surface area contributed by atoms with E-state index >= 15 is 0 Å². The van der Waals surface area contributed by atoms with E-state index in [1.54, 1.807) is 7.05 Å². The SMILES string of the molecule is C=NC(=O)N(C)CCNC. The van der Waals surface area contributed by atoms with Crippen molar-refractivity contribution in [3.05, 3.63) is 0 Å². The molecule has 0 aliphatic carbocycles. The molecule has 4 heteroatoms. The first-order valence-corrected chi connectivity index (χ1v) is 3.08. The van der Waals surface area contributed by atoms with Crippen LogP contribution in [0.1, 0.15) is 0 Å². The van der Waals surface area contributed by atoms with Crippen LogP contribution in [-0.4, -0.2) is 44.8 Å². The van der Waals surface area contributed by atoms with Gasteiger partial charge in [0, 0.05) is 20.1 Å². The second kappa shape index (κ2) is 4.93. The van der Waals surface area contributed by atoms with Crippen LogP contribution in [0.4, 0.5) is 4.79 Å². The number of likely N-dealkylation sites (N-methyl/N-ethyl adjacent to an activating group) is 2. The summed E-state index contributed by atoms with van der Waals surface area (Å²) < 4.78 is 0. The Morgan fingerprint density at radius 2 is 2.40 bits per heavy atom. The van der Waals surface area contributed by atoms with Crippen LogP contribution in [-0.2, 0) is 0 Å². The maximum atomic E-state index is 10.7. The maximum Gasteiger partial charge on any atom is 0.342 e. The van der Waals surface area contributed by atoms with Gasteiger partial charge in [0.25, 0.3) is 0 Å². The molecule has 0 aromatic carbocycles. The number of urea groups is 1. The van der Waals surface area contributed by atoms with E-state index in [1.807, 2.05) is 7.05 Å². The lowest BCUT2D eigenvalue weighted by Crippen LogP contribution is -2.30. The third-order valence-corrected chi connectivity index (χ3v) is 1.16. The van der Waals surface area contributed by atoms with Crippen LogP contribution < -0.4 is 5.32 Å². The number of aliphatic imine (C=N–C) groups is 1. The van der Waals surface area contributed by atoms with E-state index in [9.17, 15) is 4.79 Å². The molecule has 0 rings (SSSR count). The van der Waals surface area contributed by atoms with Gasteiger partial charge in [-0.05, 0) is 13.8 Å². The molecule has 2 amide bonds. The first-order chi connectivity index (χ1) is 4.72. The molecule has 0 saturated carbocycles. The summed E-state index contributed by atoms with van der Waals surface area (Å²) in [5.41, 5.74) is 0. The van der Waals surface area contributed by atoms with E-state index in [0.29, 0.717) is 6.54 Å². The van der Waals surface area contributed by atoms with Gasteiger partial charge >= 0.3 is 6.03 Å². The number of nitrogens with zero attached hydrogens (tertiary/aromatic N) is 2. The fourth-order valence-electron chi connectivity index (χ4n) is 0.496. The van der Waals surface area contributed by atoms with Gasteiger partial charge in [0.2, 0.25) is 0 Å². The average molecular weight is 143 g/mol. The zero-order chi connectivity index (χ0) is 7.98. The molecule has 4 nitrogen and oxygen atoms in total. The highest BCUT2D eigenvalue weighted by Gasteiger charge is 2.02. The Bertz CT molecular complexity index is 124. The number of nitrogens with one attached hydrogen (secondary N) is 1. The van der Waals surface area contributed by atoms with Gasteiger partial charge in [-0.3, -0.25) is 0 Å². The smallest absolute Gasteiger partial charge is 0.325 e. The highest BCUT2D eigenvalue weighted by atomic mass is 16.2. The lowest BCUT2D eigenvalue weighted by atomic mass is 10.6. The van der Waals surface area contributed by atoms with Crippen molar-refractivity contribution in [2.45, 2.75) is 0 Å². The molecular formula is C6H13N3O. The van der Waals surface area contributed by atoms with Crippen LogP contribution in [0.3, 0.4) is 0 Å². The van der Waals surface area contributed by atoms with Crippen LogP contribution in [0.15, 0.2) is 4.99 Å². The molecule has 0 aliphatic heterocycles. The number of carbonyl (C=O) groups is 1. The minimum absolute atomic E-state index is 0.282. The monoisotopic (exact) mass is 143 g/mol. The lowest BCUT2D eigenvalue weighted by molar-refractivity contribution is 0.219. The Balaban J connectivity index is 3.51. The Morgan fingerprint density at radius 3 is 2.80 bits per heavy atom. The highest BCUT2D eigenvalue weighted by Crippen LogP contribution is 1.84. The normalized spacial score (nSPS) is 9.00. The van der Waals surface area contributed by atoms with Crippen LogP contribution in [0.5, 0.6) is 0 Å². The number of amides is 2. The molecular weight excluding hydrogens is 130 g/mol. The summed E-state index contributed by atoms with van der Waals surface area (Å²) in [6.07, 6.45) is 0. The van der Waals surface area contributed by atoms with Gasteiger partial charge in [0.05, 0.1) is 0 Å². The maximum absolute atomic E-state index is 10.7. The van der Waals surface area contributed by atoms with Gasteiger partial charge in [-0.15, -0.1) is 0 Å². The number of hydrogen-bond donors (Lipinski definition) is 1. The second-order valence-corrected chi connectivity index (χ2v) is 1.97. The Hall–Kier alpha value is -0.900. The minimum atomic E-state index is -0.282. The number of hydrogen-bond acceptors (Lipinski definition) is 2. The molecule has 0 aromatic heterocycles. The van der Waals surface area contributed by atoms with E-state index in [4.69, 9.17) is 0 Å². The van der Waals surface area contributed by atoms with Crippen molar-refractivity contribution in [2.24, 2.45) is 4.99 Å². The molecule has 0 atom stereocenters. The summed E-state index contributed by atoms with van der Waals surface area (Å²) in [7, 11) is 3.52. The third-order valence-electron chi connectivity index (χ3n) is 1.16. The van der Waals surface area contributed by atoms with Crippen LogP contribution in [0, 0.1) is 0 Å². The van der Waals surface area contributed by atoms with E-state index in [2.05, 4.69) is 17.0 Å². The number of rotatable bonds is 3. The molecule has 0 aliphatic rings. The summed E-state index contributed by atoms with van der Waals surface area (Å²) >= 11 is 0. The van der Waals surface area contributed by atoms with Crippen LogP contribution in [0.25, 0.3) is 0 Å². The molecule has 0 spiro atoms. The molecule has 1 N–H and O–H groups in total. The van der Waals surface area contributed by atoms with E-state index in [0.717, 1.165) is 6.54 Å². The van der Waals surface area contributed by atoms with Gasteiger partial charge in [0.15, 0.2) is 0 Å². The van der Waals surface area contributed by atoms with E-state index < -0.39 is 0 Å². The van der Waals surface area contributed by atoms with Crippen LogP contribution in [0.2, 0.25) is 0 Å². The summed E-state index contributed by atoms with van der Waals surface area (Å²) in [6, 6.07) is -0.282. The minimum Gasteiger partial charge on any atom is -0.325 e. The van der Waals surface area contributed by atoms with Gasteiger partial charge in [-0.2, -0.15) is 0 Å². The van der Waals surface area contributed by atoms with Crippen molar-refractivity contribution >= 4 is 12.7 Å². The third kappa shape index (κ3) is 3.19. The summed E-state index contributed by atoms with van der Waals surface area (Å²) in [5.74, 6) is 0. The molecule has 0 fully saturated rings. The summed E-state index contributed by atoms with van der Waals surface area (Å²) in [4.78, 5) is 15.4. The number of carbonyl (C=O) groups excluding carboxylic acids is 1. The van der Waals surface area contributed by atoms with Gasteiger partial charge in [-0.1, -0.05) is 0 Å². The summed E-state index contributed by atoms with van der Waals surface area (Å²) in [6.45, 7) is 4.56. The van der Waals surface area contributed by atoms with Crippen molar-refractivity contribution in [1.82, 2.24) is 10.2 Å². The first-order valence-electron chi connectivity index (χ1n) is 3.08. The Labute approximate surface area is 60.9 Å². The average Bonchev–Trinajstić information content (AvgIpc) is 1.98. The molecule has 0 unspecified atom stereocenters.